The molecule has 0 radical (unpaired) electrons. The van der Waals surface area contributed by atoms with Gasteiger partial charge in [0, 0.05) is 48.7 Å². The Labute approximate surface area is 234 Å². The molecular weight excluding hydrogens is 498 g/mol. The normalized spacial score (nSPS) is 26.0. The van der Waals surface area contributed by atoms with Crippen LogP contribution in [0.25, 0.3) is 23.1 Å². The first-order valence-corrected chi connectivity index (χ1v) is 14.2. The minimum atomic E-state index is -0.507. The molecule has 4 atom stereocenters. The van der Waals surface area contributed by atoms with Gasteiger partial charge in [-0.05, 0) is 72.9 Å². The number of aromatic amines is 1. The van der Waals surface area contributed by atoms with Gasteiger partial charge in [0.2, 0.25) is 5.91 Å². The third-order valence-corrected chi connectivity index (χ3v) is 9.13. The molecule has 3 heterocycles. The number of carbonyl (C=O) groups excluding carboxylic acids is 1. The molecule has 7 nitrogen and oxygen atoms in total. The molecule has 7 rings (SSSR count). The number of methoxy groups -OCH3 is 1. The molecule has 4 aromatic rings. The van der Waals surface area contributed by atoms with Crippen LogP contribution in [0.2, 0.25) is 0 Å². The number of ether oxygens (including phenoxy) is 1. The van der Waals surface area contributed by atoms with Gasteiger partial charge in [0.05, 0.1) is 23.7 Å². The highest BCUT2D eigenvalue weighted by atomic mass is 16.5. The van der Waals surface area contributed by atoms with Gasteiger partial charge in [0.15, 0.2) is 0 Å². The number of rotatable bonds is 6. The highest BCUT2D eigenvalue weighted by molar-refractivity contribution is 6.10. The van der Waals surface area contributed by atoms with Crippen LogP contribution in [-0.2, 0) is 16.8 Å². The average molecular weight is 534 g/mol. The summed E-state index contributed by atoms with van der Waals surface area (Å²) < 4.78 is 5.43. The van der Waals surface area contributed by atoms with Gasteiger partial charge in [-0.3, -0.25) is 14.8 Å². The van der Waals surface area contributed by atoms with Crippen molar-refractivity contribution in [3.8, 4) is 5.75 Å². The van der Waals surface area contributed by atoms with E-state index in [0.717, 1.165) is 70.8 Å². The quantitative estimate of drug-likeness (QED) is 0.313. The minimum absolute atomic E-state index is 0.0806. The monoisotopic (exact) mass is 533 g/mol. The molecule has 2 fully saturated rings. The Hall–Kier alpha value is -3.94. The van der Waals surface area contributed by atoms with E-state index in [0.29, 0.717) is 12.1 Å². The summed E-state index contributed by atoms with van der Waals surface area (Å²) in [4.78, 5) is 15.6. The van der Waals surface area contributed by atoms with Crippen molar-refractivity contribution < 1.29 is 9.53 Å². The van der Waals surface area contributed by atoms with Crippen molar-refractivity contribution >= 4 is 34.6 Å². The van der Waals surface area contributed by atoms with E-state index in [-0.39, 0.29) is 11.8 Å². The van der Waals surface area contributed by atoms with Gasteiger partial charge >= 0.3 is 0 Å². The second-order valence-corrected chi connectivity index (χ2v) is 11.6. The summed E-state index contributed by atoms with van der Waals surface area (Å²) in [5, 5.41) is 15.4. The van der Waals surface area contributed by atoms with E-state index in [1.807, 2.05) is 18.2 Å². The van der Waals surface area contributed by atoms with Crippen LogP contribution in [0.15, 0.2) is 60.7 Å². The molecule has 40 heavy (non-hydrogen) atoms. The lowest BCUT2D eigenvalue weighted by Crippen LogP contribution is -2.54. The first kappa shape index (κ1) is 25.1. The molecule has 1 saturated heterocycles. The zero-order valence-electron chi connectivity index (χ0n) is 23.2. The number of aromatic nitrogens is 2. The Morgan fingerprint density at radius 3 is 2.60 bits per heavy atom. The van der Waals surface area contributed by atoms with E-state index in [4.69, 9.17) is 4.74 Å². The third-order valence-electron chi connectivity index (χ3n) is 9.13. The summed E-state index contributed by atoms with van der Waals surface area (Å²) >= 11 is 0. The van der Waals surface area contributed by atoms with Crippen molar-refractivity contribution in [1.82, 2.24) is 20.4 Å². The van der Waals surface area contributed by atoms with Crippen LogP contribution in [0.3, 0.4) is 0 Å². The minimum Gasteiger partial charge on any atom is -0.497 e. The lowest BCUT2D eigenvalue weighted by molar-refractivity contribution is -0.118. The number of hydrogen-bond acceptors (Lipinski definition) is 5. The van der Waals surface area contributed by atoms with E-state index < -0.39 is 5.41 Å². The van der Waals surface area contributed by atoms with Gasteiger partial charge in [0.1, 0.15) is 5.75 Å². The van der Waals surface area contributed by atoms with E-state index in [1.54, 1.807) is 7.11 Å². The van der Waals surface area contributed by atoms with Gasteiger partial charge in [-0.1, -0.05) is 42.5 Å². The van der Waals surface area contributed by atoms with Crippen molar-refractivity contribution in [2.45, 2.75) is 50.2 Å². The molecule has 4 unspecified atom stereocenters. The topological polar surface area (TPSA) is 82.3 Å². The van der Waals surface area contributed by atoms with E-state index in [9.17, 15) is 4.79 Å². The Balaban J connectivity index is 1.07. The fourth-order valence-corrected chi connectivity index (χ4v) is 6.70. The molecule has 3 N–H and O–H groups in total. The van der Waals surface area contributed by atoms with Crippen molar-refractivity contribution in [3.05, 3.63) is 88.6 Å². The van der Waals surface area contributed by atoms with Crippen LogP contribution in [0, 0.1) is 0 Å². The number of hydrogen-bond donors (Lipinski definition) is 3. The Morgan fingerprint density at radius 1 is 1.02 bits per heavy atom. The van der Waals surface area contributed by atoms with Gasteiger partial charge in [0.25, 0.3) is 0 Å². The Bertz CT molecular complexity index is 1610. The number of H-pyrrole nitrogens is 1. The molecule has 1 saturated carbocycles. The number of nitrogens with one attached hydrogen (secondary N) is 3. The number of benzene rings is 3. The summed E-state index contributed by atoms with van der Waals surface area (Å²) in [6, 6.07) is 22.2. The predicted molar refractivity (Wildman–Crippen MR) is 159 cm³/mol. The predicted octanol–water partition coefficient (Wildman–Crippen LogP) is 5.30. The first-order valence-electron chi connectivity index (χ1n) is 14.2. The van der Waals surface area contributed by atoms with Crippen molar-refractivity contribution in [1.29, 1.82) is 0 Å². The molecular formula is C33H35N5O2. The molecule has 1 aromatic heterocycles. The maximum absolute atomic E-state index is 13.0. The molecule has 1 aliphatic carbocycles. The average Bonchev–Trinajstić information content (AvgIpc) is 3.51. The Morgan fingerprint density at radius 2 is 1.82 bits per heavy atom. The first-order chi connectivity index (χ1) is 19.5. The smallest absolute Gasteiger partial charge is 0.235 e. The summed E-state index contributed by atoms with van der Waals surface area (Å²) in [6.07, 6.45) is 4.99. The van der Waals surface area contributed by atoms with Crippen LogP contribution < -0.4 is 15.4 Å². The maximum Gasteiger partial charge on any atom is 0.235 e. The second kappa shape index (κ2) is 9.61. The highest BCUT2D eigenvalue weighted by Crippen LogP contribution is 2.65. The summed E-state index contributed by atoms with van der Waals surface area (Å²) in [7, 11) is 1.66. The molecule has 204 valence electrons. The van der Waals surface area contributed by atoms with E-state index >= 15 is 0 Å². The standard InChI is InChI=1S/C33H35N5O2/c1-20-17-34-18-21(2)38(20)19-23-6-4-22(5-7-23)8-12-29-26-11-9-24(14-31(26)37-36-29)28-16-33(28)27-15-25(40-3)10-13-30(27)35-32(33)39/h4-15,20-21,28,34H,16-19H2,1-3H3,(H,35,39)(H,36,37)/b12-8+. The van der Waals surface area contributed by atoms with Crippen molar-refractivity contribution in [2.75, 3.05) is 25.5 Å². The SMILES string of the molecule is COc1ccc2c(c1)C1(CC1c1ccc3c(/C=C/c4ccc(CN5C(C)CNCC5C)cc4)n[nH]c3c1)C(=O)N2. The van der Waals surface area contributed by atoms with Gasteiger partial charge in [-0.15, -0.1) is 0 Å². The molecule has 1 spiro atoms. The largest absolute Gasteiger partial charge is 0.497 e. The van der Waals surface area contributed by atoms with Crippen LogP contribution >= 0.6 is 0 Å². The molecule has 2 aliphatic heterocycles. The lowest BCUT2D eigenvalue weighted by atomic mass is 9.91. The Kier molecular flexibility index (Phi) is 6.02. The number of amides is 1. The second-order valence-electron chi connectivity index (χ2n) is 11.6. The van der Waals surface area contributed by atoms with Gasteiger partial charge in [-0.25, -0.2) is 0 Å². The highest BCUT2D eigenvalue weighted by Gasteiger charge is 2.65. The fraction of sp³-hybridized carbons (Fsp3) is 0.333. The van der Waals surface area contributed by atoms with E-state index in [1.165, 1.54) is 5.56 Å². The van der Waals surface area contributed by atoms with Crippen molar-refractivity contribution in [3.63, 3.8) is 0 Å². The maximum atomic E-state index is 13.0. The zero-order chi connectivity index (χ0) is 27.4. The molecule has 7 heteroatoms. The molecule has 1 amide bonds. The molecule has 3 aliphatic rings. The van der Waals surface area contributed by atoms with Crippen LogP contribution in [-0.4, -0.2) is 53.3 Å². The number of fused-ring (bicyclic) bond motifs is 3. The van der Waals surface area contributed by atoms with Crippen LogP contribution in [0.4, 0.5) is 5.69 Å². The summed E-state index contributed by atoms with van der Waals surface area (Å²) in [6.45, 7) is 7.65. The van der Waals surface area contributed by atoms with Crippen LogP contribution in [0.5, 0.6) is 5.75 Å². The van der Waals surface area contributed by atoms with Gasteiger partial charge < -0.3 is 15.4 Å². The third kappa shape index (κ3) is 4.12. The van der Waals surface area contributed by atoms with Crippen LogP contribution in [0.1, 0.15) is 54.1 Å². The summed E-state index contributed by atoms with van der Waals surface area (Å²) in [5.41, 5.74) is 6.97. The zero-order valence-corrected chi connectivity index (χ0v) is 23.2. The molecule has 0 bridgehead atoms. The fourth-order valence-electron chi connectivity index (χ4n) is 6.70. The number of carbonyl (C=O) groups is 1. The van der Waals surface area contributed by atoms with Gasteiger partial charge in [-0.2, -0.15) is 5.10 Å². The number of anilines is 1. The number of nitrogens with zero attached hydrogens (tertiary/aromatic N) is 2. The number of piperazine rings is 1. The molecule has 3 aromatic carbocycles. The lowest BCUT2D eigenvalue weighted by Gasteiger charge is -2.39. The summed E-state index contributed by atoms with van der Waals surface area (Å²) in [5.74, 6) is 0.995. The van der Waals surface area contributed by atoms with Crippen molar-refractivity contribution in [2.24, 2.45) is 0 Å². The van der Waals surface area contributed by atoms with E-state index in [2.05, 4.69) is 94.2 Å².